The van der Waals surface area contributed by atoms with Gasteiger partial charge in [-0.1, -0.05) is 35.9 Å². The molecular weight excluding hydrogens is 286 g/mol. The van der Waals surface area contributed by atoms with E-state index in [1.54, 1.807) is 24.3 Å². The van der Waals surface area contributed by atoms with Gasteiger partial charge in [0.15, 0.2) is 0 Å². The van der Waals surface area contributed by atoms with E-state index in [4.69, 9.17) is 16.3 Å². The third kappa shape index (κ3) is 2.88. The lowest BCUT2D eigenvalue weighted by Crippen LogP contribution is -2.11. The van der Waals surface area contributed by atoms with E-state index in [9.17, 15) is 4.79 Å². The van der Waals surface area contributed by atoms with Crippen molar-refractivity contribution < 1.29 is 9.53 Å². The molecule has 2 aromatic carbocycles. The van der Waals surface area contributed by atoms with Crippen molar-refractivity contribution in [2.75, 3.05) is 0 Å². The molecule has 4 heteroatoms. The van der Waals surface area contributed by atoms with Crippen LogP contribution in [0.4, 0.5) is 0 Å². The van der Waals surface area contributed by atoms with Crippen molar-refractivity contribution in [2.45, 2.75) is 6.92 Å². The number of carbonyl (C=O) groups is 1. The zero-order valence-electron chi connectivity index (χ0n) is 11.3. The molecule has 0 aliphatic carbocycles. The second-order valence-electron chi connectivity index (χ2n) is 4.69. The quantitative estimate of drug-likeness (QED) is 0.519. The summed E-state index contributed by atoms with van der Waals surface area (Å²) in [5, 5.41) is 1.59. The van der Waals surface area contributed by atoms with Gasteiger partial charge >= 0.3 is 5.97 Å². The number of hydrogen-bond acceptors (Lipinski definition) is 3. The predicted octanol–water partition coefficient (Wildman–Crippen LogP) is 4.42. The van der Waals surface area contributed by atoms with Gasteiger partial charge in [0.2, 0.25) is 0 Å². The molecule has 0 saturated heterocycles. The summed E-state index contributed by atoms with van der Waals surface area (Å²) in [7, 11) is 0. The fraction of sp³-hybridized carbons (Fsp3) is 0.0588. The molecule has 0 N–H and O–H groups in total. The number of para-hydroxylation sites is 1. The summed E-state index contributed by atoms with van der Waals surface area (Å²) in [4.78, 5) is 16.5. The highest BCUT2D eigenvalue weighted by atomic mass is 35.5. The largest absolute Gasteiger partial charge is 0.422 e. The number of rotatable bonds is 2. The number of hydrogen-bond donors (Lipinski definition) is 0. The molecule has 1 heterocycles. The number of nitrogens with zero attached hydrogens (tertiary/aromatic N) is 1. The third-order valence-corrected chi connectivity index (χ3v) is 3.38. The summed E-state index contributed by atoms with van der Waals surface area (Å²) in [5.41, 5.74) is 1.85. The number of pyridine rings is 1. The van der Waals surface area contributed by atoms with Crippen molar-refractivity contribution in [1.82, 2.24) is 4.98 Å². The number of esters is 1. The summed E-state index contributed by atoms with van der Waals surface area (Å²) in [5.74, 6) is 0.00512. The van der Waals surface area contributed by atoms with Gasteiger partial charge in [-0.15, -0.1) is 0 Å². The molecule has 1 aromatic heterocycles. The first-order valence-corrected chi connectivity index (χ1v) is 6.85. The van der Waals surface area contributed by atoms with E-state index in [1.165, 1.54) is 0 Å². The SMILES string of the molecule is Cc1cc(Cl)ccc1OC(=O)c1ccc2ccccc2n1. The monoisotopic (exact) mass is 297 g/mol. The van der Waals surface area contributed by atoms with Crippen molar-refractivity contribution in [2.24, 2.45) is 0 Å². The minimum atomic E-state index is -0.480. The number of ether oxygens (including phenoxy) is 1. The zero-order valence-corrected chi connectivity index (χ0v) is 12.1. The summed E-state index contributed by atoms with van der Waals surface area (Å²) >= 11 is 5.88. The molecule has 3 nitrogen and oxygen atoms in total. The Balaban J connectivity index is 1.89. The van der Waals surface area contributed by atoms with Crippen molar-refractivity contribution in [3.05, 3.63) is 70.9 Å². The van der Waals surface area contributed by atoms with Crippen LogP contribution in [0.1, 0.15) is 16.1 Å². The van der Waals surface area contributed by atoms with Gasteiger partial charge in [0.05, 0.1) is 5.52 Å². The minimum absolute atomic E-state index is 0.281. The van der Waals surface area contributed by atoms with E-state index >= 15 is 0 Å². The standard InChI is InChI=1S/C17H12ClNO2/c1-11-10-13(18)7-9-16(11)21-17(20)15-8-6-12-4-2-3-5-14(12)19-15/h2-10H,1H3. The average molecular weight is 298 g/mol. The molecule has 0 amide bonds. The maximum absolute atomic E-state index is 12.2. The lowest BCUT2D eigenvalue weighted by molar-refractivity contribution is 0.0728. The van der Waals surface area contributed by atoms with Crippen LogP contribution >= 0.6 is 11.6 Å². The Labute approximate surface area is 127 Å². The van der Waals surface area contributed by atoms with Gasteiger partial charge in [0.25, 0.3) is 0 Å². The molecule has 0 aliphatic heterocycles. The van der Waals surface area contributed by atoms with Gasteiger partial charge in [-0.3, -0.25) is 0 Å². The van der Waals surface area contributed by atoms with Crippen LogP contribution in [0.5, 0.6) is 5.75 Å². The summed E-state index contributed by atoms with van der Waals surface area (Å²) in [6, 6.07) is 16.2. The van der Waals surface area contributed by atoms with Crippen molar-refractivity contribution in [1.29, 1.82) is 0 Å². The first-order valence-electron chi connectivity index (χ1n) is 6.47. The molecule has 0 fully saturated rings. The fourth-order valence-corrected chi connectivity index (χ4v) is 2.29. The highest BCUT2D eigenvalue weighted by molar-refractivity contribution is 6.30. The van der Waals surface area contributed by atoms with Crippen LogP contribution in [-0.4, -0.2) is 11.0 Å². The predicted molar refractivity (Wildman–Crippen MR) is 82.9 cm³/mol. The molecule has 0 aliphatic rings. The molecule has 104 valence electrons. The normalized spacial score (nSPS) is 10.6. The molecule has 0 bridgehead atoms. The van der Waals surface area contributed by atoms with Gasteiger partial charge in [-0.05, 0) is 42.8 Å². The van der Waals surface area contributed by atoms with Crippen LogP contribution in [0.15, 0.2) is 54.6 Å². The highest BCUT2D eigenvalue weighted by Gasteiger charge is 2.12. The highest BCUT2D eigenvalue weighted by Crippen LogP contribution is 2.23. The van der Waals surface area contributed by atoms with E-state index in [1.807, 2.05) is 37.3 Å². The number of fused-ring (bicyclic) bond motifs is 1. The van der Waals surface area contributed by atoms with Crippen LogP contribution in [0.2, 0.25) is 5.02 Å². The van der Waals surface area contributed by atoms with Crippen molar-refractivity contribution >= 4 is 28.5 Å². The van der Waals surface area contributed by atoms with Gasteiger partial charge < -0.3 is 4.74 Å². The summed E-state index contributed by atoms with van der Waals surface area (Å²) in [6.07, 6.45) is 0. The summed E-state index contributed by atoms with van der Waals surface area (Å²) < 4.78 is 5.38. The Bertz CT molecular complexity index is 830. The molecule has 3 aromatic rings. The Hall–Kier alpha value is -2.39. The number of aromatic nitrogens is 1. The second kappa shape index (κ2) is 5.54. The number of benzene rings is 2. The smallest absolute Gasteiger partial charge is 0.362 e. The molecule has 0 unspecified atom stereocenters. The number of aryl methyl sites for hydroxylation is 1. The van der Waals surface area contributed by atoms with E-state index in [2.05, 4.69) is 4.98 Å². The van der Waals surface area contributed by atoms with E-state index in [0.717, 1.165) is 16.5 Å². The first-order chi connectivity index (χ1) is 10.1. The lowest BCUT2D eigenvalue weighted by Gasteiger charge is -2.07. The van der Waals surface area contributed by atoms with Gasteiger partial charge in [0.1, 0.15) is 11.4 Å². The van der Waals surface area contributed by atoms with E-state index in [-0.39, 0.29) is 5.69 Å². The number of carbonyl (C=O) groups excluding carboxylic acids is 1. The molecule has 0 atom stereocenters. The van der Waals surface area contributed by atoms with Gasteiger partial charge in [0, 0.05) is 10.4 Å². The lowest BCUT2D eigenvalue weighted by atomic mass is 10.2. The maximum Gasteiger partial charge on any atom is 0.362 e. The van der Waals surface area contributed by atoms with E-state index < -0.39 is 5.97 Å². The third-order valence-electron chi connectivity index (χ3n) is 3.15. The van der Waals surface area contributed by atoms with Crippen LogP contribution in [-0.2, 0) is 0 Å². The van der Waals surface area contributed by atoms with Crippen LogP contribution in [0, 0.1) is 6.92 Å². The Morgan fingerprint density at radius 2 is 1.90 bits per heavy atom. The zero-order chi connectivity index (χ0) is 14.8. The summed E-state index contributed by atoms with van der Waals surface area (Å²) in [6.45, 7) is 1.84. The molecule has 3 rings (SSSR count). The van der Waals surface area contributed by atoms with Gasteiger partial charge in [-0.2, -0.15) is 0 Å². The Kier molecular flexibility index (Phi) is 3.59. The molecule has 0 radical (unpaired) electrons. The Morgan fingerprint density at radius 1 is 1.10 bits per heavy atom. The van der Waals surface area contributed by atoms with Crippen molar-refractivity contribution in [3.63, 3.8) is 0 Å². The minimum Gasteiger partial charge on any atom is -0.422 e. The molecule has 0 spiro atoms. The first kappa shape index (κ1) is 13.6. The fourth-order valence-electron chi connectivity index (χ4n) is 2.06. The average Bonchev–Trinajstić information content (AvgIpc) is 2.49. The van der Waals surface area contributed by atoms with Gasteiger partial charge in [-0.25, -0.2) is 9.78 Å². The Morgan fingerprint density at radius 3 is 2.71 bits per heavy atom. The molecular formula is C17H12ClNO2. The van der Waals surface area contributed by atoms with Crippen LogP contribution in [0.25, 0.3) is 10.9 Å². The van der Waals surface area contributed by atoms with E-state index in [0.29, 0.717) is 10.8 Å². The second-order valence-corrected chi connectivity index (χ2v) is 5.12. The topological polar surface area (TPSA) is 39.2 Å². The molecule has 0 saturated carbocycles. The maximum atomic E-state index is 12.2. The van der Waals surface area contributed by atoms with Crippen LogP contribution in [0.3, 0.4) is 0 Å². The van der Waals surface area contributed by atoms with Crippen LogP contribution < -0.4 is 4.74 Å². The molecule has 21 heavy (non-hydrogen) atoms. The van der Waals surface area contributed by atoms with Crippen molar-refractivity contribution in [3.8, 4) is 5.75 Å². The number of halogens is 1.